The molecule has 1 unspecified atom stereocenters. The van der Waals surface area contributed by atoms with E-state index < -0.39 is 31.1 Å². The summed E-state index contributed by atoms with van der Waals surface area (Å²) in [6.07, 6.45) is -16.0. The van der Waals surface area contributed by atoms with Crippen molar-refractivity contribution in [2.45, 2.75) is 18.5 Å². The third-order valence-corrected chi connectivity index (χ3v) is 0.941. The maximum atomic E-state index is 12.0. The number of halogens is 7. The molecule has 0 saturated heterocycles. The van der Waals surface area contributed by atoms with Crippen molar-refractivity contribution in [3.8, 4) is 0 Å². The minimum Gasteiger partial charge on any atom is -0.396 e. The SMILES string of the molecule is O=C(CF)OC(F)(F)C(F)C(F)(F)F. The van der Waals surface area contributed by atoms with Crippen LogP contribution >= 0.6 is 0 Å². The molecule has 0 aromatic heterocycles. The van der Waals surface area contributed by atoms with Crippen molar-refractivity contribution >= 4 is 5.97 Å². The van der Waals surface area contributed by atoms with Crippen molar-refractivity contribution in [3.05, 3.63) is 0 Å². The molecule has 0 bridgehead atoms. The van der Waals surface area contributed by atoms with Crippen LogP contribution in [0.25, 0.3) is 0 Å². The largest absolute Gasteiger partial charge is 0.441 e. The second kappa shape index (κ2) is 4.01. The lowest BCUT2D eigenvalue weighted by atomic mass is 10.3. The highest BCUT2D eigenvalue weighted by Crippen LogP contribution is 2.35. The highest BCUT2D eigenvalue weighted by molar-refractivity contribution is 5.70. The third kappa shape index (κ3) is 3.38. The van der Waals surface area contributed by atoms with Gasteiger partial charge < -0.3 is 4.74 Å². The smallest absolute Gasteiger partial charge is 0.396 e. The van der Waals surface area contributed by atoms with Crippen molar-refractivity contribution in [1.29, 1.82) is 0 Å². The van der Waals surface area contributed by atoms with Gasteiger partial charge in [-0.2, -0.15) is 22.0 Å². The van der Waals surface area contributed by atoms with Gasteiger partial charge in [-0.3, -0.25) is 0 Å². The standard InChI is InChI=1S/C5H3F7O2/c6-1-2(13)14-5(11,12)3(7)4(8,9)10/h3H,1H2. The highest BCUT2D eigenvalue weighted by atomic mass is 19.4. The molecule has 0 aromatic rings. The monoisotopic (exact) mass is 228 g/mol. The fourth-order valence-electron chi connectivity index (χ4n) is 0.421. The second-order valence-corrected chi connectivity index (χ2v) is 2.07. The van der Waals surface area contributed by atoms with Crippen LogP contribution < -0.4 is 0 Å². The summed E-state index contributed by atoms with van der Waals surface area (Å²) in [7, 11) is 0. The predicted octanol–water partition coefficient (Wildman–Crippen LogP) is 1.99. The minimum atomic E-state index is -5.89. The summed E-state index contributed by atoms with van der Waals surface area (Å²) < 4.78 is 84.0. The van der Waals surface area contributed by atoms with Crippen molar-refractivity contribution < 1.29 is 40.3 Å². The lowest BCUT2D eigenvalue weighted by Gasteiger charge is -2.21. The number of hydrogen-bond acceptors (Lipinski definition) is 2. The molecule has 9 heteroatoms. The molecule has 0 spiro atoms. The molecule has 0 amide bonds. The van der Waals surface area contributed by atoms with Gasteiger partial charge in [0.05, 0.1) is 0 Å². The van der Waals surface area contributed by atoms with Crippen molar-refractivity contribution in [3.63, 3.8) is 0 Å². The van der Waals surface area contributed by atoms with Crippen molar-refractivity contribution in [1.82, 2.24) is 0 Å². The van der Waals surface area contributed by atoms with E-state index in [4.69, 9.17) is 0 Å². The van der Waals surface area contributed by atoms with Crippen molar-refractivity contribution in [2.24, 2.45) is 0 Å². The molecule has 0 aliphatic carbocycles. The van der Waals surface area contributed by atoms with Gasteiger partial charge in [0.15, 0.2) is 6.67 Å². The second-order valence-electron chi connectivity index (χ2n) is 2.07. The summed E-state index contributed by atoms with van der Waals surface area (Å²) in [4.78, 5) is 9.85. The number of carbonyl (C=O) groups is 1. The quantitative estimate of drug-likeness (QED) is 0.545. The summed E-state index contributed by atoms with van der Waals surface area (Å²) in [5, 5.41) is 0. The van der Waals surface area contributed by atoms with Gasteiger partial charge in [-0.05, 0) is 0 Å². The van der Waals surface area contributed by atoms with E-state index in [0.717, 1.165) is 0 Å². The molecule has 0 aliphatic rings. The Balaban J connectivity index is 4.53. The molecule has 0 saturated carbocycles. The predicted molar refractivity (Wildman–Crippen MR) is 28.0 cm³/mol. The number of carbonyl (C=O) groups excluding carboxylic acids is 1. The Bertz CT molecular complexity index is 211. The zero-order valence-corrected chi connectivity index (χ0v) is 6.25. The third-order valence-electron chi connectivity index (χ3n) is 0.941. The van der Waals surface area contributed by atoms with E-state index in [0.29, 0.717) is 0 Å². The van der Waals surface area contributed by atoms with E-state index in [9.17, 15) is 35.5 Å². The van der Waals surface area contributed by atoms with E-state index in [2.05, 4.69) is 4.74 Å². The molecule has 84 valence electrons. The minimum absolute atomic E-state index is 2.07. The Hall–Kier alpha value is -1.02. The first-order valence-corrected chi connectivity index (χ1v) is 2.97. The molecular formula is C5H3F7O2. The highest BCUT2D eigenvalue weighted by Gasteiger charge is 2.60. The van der Waals surface area contributed by atoms with Crippen LogP contribution in [0.3, 0.4) is 0 Å². The van der Waals surface area contributed by atoms with E-state index in [1.807, 2.05) is 0 Å². The van der Waals surface area contributed by atoms with Gasteiger partial charge in [0.25, 0.3) is 6.17 Å². The zero-order valence-electron chi connectivity index (χ0n) is 6.25. The maximum Gasteiger partial charge on any atom is 0.441 e. The lowest BCUT2D eigenvalue weighted by molar-refractivity contribution is -0.322. The average Bonchev–Trinajstić information content (AvgIpc) is 2.00. The first-order chi connectivity index (χ1) is 6.11. The topological polar surface area (TPSA) is 26.3 Å². The summed E-state index contributed by atoms with van der Waals surface area (Å²) in [5.41, 5.74) is 0. The van der Waals surface area contributed by atoms with Gasteiger partial charge in [-0.15, -0.1) is 0 Å². The normalized spacial score (nSPS) is 15.1. The van der Waals surface area contributed by atoms with Gasteiger partial charge in [0, 0.05) is 0 Å². The fourth-order valence-corrected chi connectivity index (χ4v) is 0.421. The molecule has 0 N–H and O–H groups in total. The van der Waals surface area contributed by atoms with Crippen LogP contribution in [0.4, 0.5) is 30.7 Å². The van der Waals surface area contributed by atoms with Crippen LogP contribution in [-0.4, -0.2) is 31.1 Å². The molecule has 0 aliphatic heterocycles. The molecule has 0 aromatic carbocycles. The Labute approximate surface area is 72.6 Å². The van der Waals surface area contributed by atoms with Crippen LogP contribution in [-0.2, 0) is 9.53 Å². The number of hydrogen-bond donors (Lipinski definition) is 0. The van der Waals surface area contributed by atoms with E-state index >= 15 is 0 Å². The summed E-state index contributed by atoms with van der Waals surface area (Å²) in [6.45, 7) is -2.07. The van der Waals surface area contributed by atoms with Crippen molar-refractivity contribution in [2.75, 3.05) is 6.67 Å². The number of esters is 1. The number of ether oxygens (including phenoxy) is 1. The molecule has 14 heavy (non-hydrogen) atoms. The zero-order chi connectivity index (χ0) is 11.6. The van der Waals surface area contributed by atoms with Crippen LogP contribution in [0.2, 0.25) is 0 Å². The van der Waals surface area contributed by atoms with E-state index in [1.54, 1.807) is 0 Å². The van der Waals surface area contributed by atoms with Gasteiger partial charge >= 0.3 is 18.3 Å². The number of alkyl halides is 7. The first kappa shape index (κ1) is 13.0. The van der Waals surface area contributed by atoms with Gasteiger partial charge in [-0.25, -0.2) is 13.6 Å². The van der Waals surface area contributed by atoms with Gasteiger partial charge in [0.2, 0.25) is 0 Å². The summed E-state index contributed by atoms with van der Waals surface area (Å²) in [5.74, 6) is -2.28. The van der Waals surface area contributed by atoms with Gasteiger partial charge in [0.1, 0.15) is 0 Å². The van der Waals surface area contributed by atoms with E-state index in [-0.39, 0.29) is 0 Å². The van der Waals surface area contributed by atoms with Gasteiger partial charge in [-0.1, -0.05) is 0 Å². The first-order valence-electron chi connectivity index (χ1n) is 2.97. The van der Waals surface area contributed by atoms with Crippen LogP contribution in [0.5, 0.6) is 0 Å². The molecule has 0 fully saturated rings. The molecule has 0 heterocycles. The Morgan fingerprint density at radius 2 is 1.64 bits per heavy atom. The number of rotatable bonds is 3. The summed E-state index contributed by atoms with van der Waals surface area (Å²) >= 11 is 0. The Morgan fingerprint density at radius 3 is 1.93 bits per heavy atom. The summed E-state index contributed by atoms with van der Waals surface area (Å²) in [6, 6.07) is 0. The Kier molecular flexibility index (Phi) is 3.72. The van der Waals surface area contributed by atoms with Crippen LogP contribution in [0, 0.1) is 0 Å². The molecule has 2 nitrogen and oxygen atoms in total. The van der Waals surface area contributed by atoms with Crippen LogP contribution in [0.1, 0.15) is 0 Å². The van der Waals surface area contributed by atoms with Crippen LogP contribution in [0.15, 0.2) is 0 Å². The lowest BCUT2D eigenvalue weighted by Crippen LogP contribution is -2.45. The molecular weight excluding hydrogens is 225 g/mol. The Morgan fingerprint density at radius 1 is 1.21 bits per heavy atom. The molecule has 0 rings (SSSR count). The molecule has 0 radical (unpaired) electrons. The molecule has 1 atom stereocenters. The fraction of sp³-hybridized carbons (Fsp3) is 0.800. The average molecular weight is 228 g/mol. The maximum absolute atomic E-state index is 12.0. The van der Waals surface area contributed by atoms with E-state index in [1.165, 1.54) is 0 Å².